The van der Waals surface area contributed by atoms with Crippen LogP contribution >= 0.6 is 0 Å². The molecule has 1 rings (SSSR count). The second kappa shape index (κ2) is 7.35. The molecular formula is C11H20N2O4S. The van der Waals surface area contributed by atoms with Crippen molar-refractivity contribution in [1.29, 1.82) is 0 Å². The van der Waals surface area contributed by atoms with Gasteiger partial charge in [0.2, 0.25) is 0 Å². The molecule has 0 aromatic rings. The van der Waals surface area contributed by atoms with E-state index in [-0.39, 0.29) is 6.04 Å². The van der Waals surface area contributed by atoms with Crippen LogP contribution < -0.4 is 10.6 Å². The second-order valence-corrected chi connectivity index (χ2v) is 6.12. The van der Waals surface area contributed by atoms with Crippen LogP contribution in [0.5, 0.6) is 0 Å². The summed E-state index contributed by atoms with van der Waals surface area (Å²) in [6.45, 7) is 1.87. The van der Waals surface area contributed by atoms with Crippen molar-refractivity contribution >= 4 is 22.8 Å². The zero-order valence-corrected chi connectivity index (χ0v) is 11.3. The molecule has 0 bridgehead atoms. The lowest BCUT2D eigenvalue weighted by Crippen LogP contribution is -2.50. The number of carboxylic acids is 1. The molecule has 1 fully saturated rings. The Morgan fingerprint density at radius 2 is 2.00 bits per heavy atom. The smallest absolute Gasteiger partial charge is 0.326 e. The van der Waals surface area contributed by atoms with Crippen molar-refractivity contribution in [3.63, 3.8) is 0 Å². The largest absolute Gasteiger partial charge is 0.480 e. The molecule has 18 heavy (non-hydrogen) atoms. The molecule has 7 heteroatoms. The van der Waals surface area contributed by atoms with Gasteiger partial charge in [-0.25, -0.2) is 9.59 Å². The summed E-state index contributed by atoms with van der Waals surface area (Å²) < 4.78 is 11.2. The maximum atomic E-state index is 11.6. The first-order valence-corrected chi connectivity index (χ1v) is 7.66. The molecule has 0 saturated carbocycles. The lowest BCUT2D eigenvalue weighted by molar-refractivity contribution is -0.139. The molecule has 0 aromatic heterocycles. The Labute approximate surface area is 109 Å². The van der Waals surface area contributed by atoms with Gasteiger partial charge < -0.3 is 15.7 Å². The van der Waals surface area contributed by atoms with Crippen molar-refractivity contribution in [2.24, 2.45) is 0 Å². The number of carbonyl (C=O) groups is 2. The first-order valence-electron chi connectivity index (χ1n) is 6.17. The van der Waals surface area contributed by atoms with E-state index in [9.17, 15) is 13.8 Å². The number of rotatable bonds is 5. The maximum Gasteiger partial charge on any atom is 0.326 e. The standard InChI is InChI=1S/C11H20N2O4S/c1-2-3-9(10(14)15)13-11(16)12-8-4-6-18(17)7-5-8/h8-9H,2-7H2,1H3,(H,14,15)(H2,12,13,16). The van der Waals surface area contributed by atoms with Crippen molar-refractivity contribution < 1.29 is 18.9 Å². The molecule has 6 nitrogen and oxygen atoms in total. The molecule has 1 aliphatic heterocycles. The Hall–Kier alpha value is -1.11. The van der Waals surface area contributed by atoms with Gasteiger partial charge >= 0.3 is 12.0 Å². The molecule has 3 N–H and O–H groups in total. The van der Waals surface area contributed by atoms with Gasteiger partial charge in [0.25, 0.3) is 0 Å². The van der Waals surface area contributed by atoms with Crippen molar-refractivity contribution in [3.05, 3.63) is 0 Å². The molecule has 1 saturated heterocycles. The second-order valence-electron chi connectivity index (χ2n) is 4.42. The van der Waals surface area contributed by atoms with E-state index in [1.807, 2.05) is 6.92 Å². The number of hydrogen-bond donors (Lipinski definition) is 3. The number of aliphatic carboxylic acids is 1. The number of hydrogen-bond acceptors (Lipinski definition) is 3. The monoisotopic (exact) mass is 276 g/mol. The molecule has 1 unspecified atom stereocenters. The fourth-order valence-electron chi connectivity index (χ4n) is 1.87. The van der Waals surface area contributed by atoms with Gasteiger partial charge in [-0.3, -0.25) is 4.21 Å². The maximum absolute atomic E-state index is 11.6. The number of carbonyl (C=O) groups excluding carboxylic acids is 1. The summed E-state index contributed by atoms with van der Waals surface area (Å²) in [5.41, 5.74) is 0. The molecule has 2 amide bonds. The lowest BCUT2D eigenvalue weighted by atomic mass is 10.1. The average Bonchev–Trinajstić information content (AvgIpc) is 2.31. The third-order valence-electron chi connectivity index (χ3n) is 2.90. The van der Waals surface area contributed by atoms with Gasteiger partial charge in [0.1, 0.15) is 6.04 Å². The number of amides is 2. The minimum atomic E-state index is -1.02. The first kappa shape index (κ1) is 14.9. The lowest BCUT2D eigenvalue weighted by Gasteiger charge is -2.23. The Balaban J connectivity index is 2.35. The summed E-state index contributed by atoms with van der Waals surface area (Å²) in [5, 5.41) is 14.1. The predicted octanol–water partition coefficient (Wildman–Crippen LogP) is 0.450. The van der Waals surface area contributed by atoms with E-state index in [4.69, 9.17) is 5.11 Å². The van der Waals surface area contributed by atoms with E-state index in [1.54, 1.807) is 0 Å². The van der Waals surface area contributed by atoms with Crippen LogP contribution in [0.25, 0.3) is 0 Å². The molecule has 104 valence electrons. The van der Waals surface area contributed by atoms with Crippen LogP contribution in [-0.2, 0) is 15.6 Å². The van der Waals surface area contributed by atoms with Gasteiger partial charge in [-0.1, -0.05) is 13.3 Å². The van der Waals surface area contributed by atoms with Crippen LogP contribution in [-0.4, -0.2) is 44.9 Å². The minimum Gasteiger partial charge on any atom is -0.480 e. The van der Waals surface area contributed by atoms with Gasteiger partial charge in [0.05, 0.1) is 0 Å². The highest BCUT2D eigenvalue weighted by Gasteiger charge is 2.22. The zero-order valence-electron chi connectivity index (χ0n) is 10.5. The average molecular weight is 276 g/mol. The Kier molecular flexibility index (Phi) is 6.11. The van der Waals surface area contributed by atoms with E-state index < -0.39 is 28.8 Å². The number of carboxylic acid groups (broad SMARTS) is 1. The predicted molar refractivity (Wildman–Crippen MR) is 68.9 cm³/mol. The highest BCUT2D eigenvalue weighted by atomic mass is 32.2. The molecule has 0 aliphatic carbocycles. The van der Waals surface area contributed by atoms with Crippen LogP contribution in [0.3, 0.4) is 0 Å². The van der Waals surface area contributed by atoms with Crippen molar-refractivity contribution in [2.75, 3.05) is 11.5 Å². The van der Waals surface area contributed by atoms with Crippen LogP contribution in [0.2, 0.25) is 0 Å². The van der Waals surface area contributed by atoms with Crippen LogP contribution in [0.15, 0.2) is 0 Å². The molecule has 0 aromatic carbocycles. The highest BCUT2D eigenvalue weighted by molar-refractivity contribution is 7.85. The van der Waals surface area contributed by atoms with Crippen molar-refractivity contribution in [2.45, 2.75) is 44.7 Å². The van der Waals surface area contributed by atoms with Crippen LogP contribution in [0, 0.1) is 0 Å². The quantitative estimate of drug-likeness (QED) is 0.679. The van der Waals surface area contributed by atoms with Gasteiger partial charge in [-0.15, -0.1) is 0 Å². The van der Waals surface area contributed by atoms with Crippen LogP contribution in [0.4, 0.5) is 4.79 Å². The zero-order chi connectivity index (χ0) is 13.5. The third kappa shape index (κ3) is 5.03. The normalized spacial score (nSPS) is 25.2. The SMILES string of the molecule is CCCC(NC(=O)NC1CCS(=O)CC1)C(=O)O. The first-order chi connectivity index (χ1) is 8.52. The molecule has 0 radical (unpaired) electrons. The summed E-state index contributed by atoms with van der Waals surface area (Å²) in [6.07, 6.45) is 2.48. The van der Waals surface area contributed by atoms with Crippen LogP contribution in [0.1, 0.15) is 32.6 Å². The third-order valence-corrected chi connectivity index (χ3v) is 4.29. The van der Waals surface area contributed by atoms with E-state index in [2.05, 4.69) is 10.6 Å². The summed E-state index contributed by atoms with van der Waals surface area (Å²) in [5.74, 6) is 0.182. The molecule has 0 spiro atoms. The van der Waals surface area contributed by atoms with Crippen molar-refractivity contribution in [1.82, 2.24) is 10.6 Å². The number of nitrogens with one attached hydrogen (secondary N) is 2. The van der Waals surface area contributed by atoms with E-state index >= 15 is 0 Å². The van der Waals surface area contributed by atoms with E-state index in [0.717, 1.165) is 0 Å². The fourth-order valence-corrected chi connectivity index (χ4v) is 3.17. The Bertz CT molecular complexity index is 325. The molecule has 1 aliphatic rings. The minimum absolute atomic E-state index is 0.00114. The summed E-state index contributed by atoms with van der Waals surface area (Å²) in [6, 6.07) is -1.29. The fraction of sp³-hybridized carbons (Fsp3) is 0.818. The Morgan fingerprint density at radius 3 is 2.50 bits per heavy atom. The summed E-state index contributed by atoms with van der Waals surface area (Å²) >= 11 is 0. The van der Waals surface area contributed by atoms with E-state index in [1.165, 1.54) is 0 Å². The van der Waals surface area contributed by atoms with Gasteiger partial charge in [0.15, 0.2) is 0 Å². The Morgan fingerprint density at radius 1 is 1.39 bits per heavy atom. The molecule has 1 heterocycles. The molecular weight excluding hydrogens is 256 g/mol. The number of urea groups is 1. The topological polar surface area (TPSA) is 95.5 Å². The summed E-state index contributed by atoms with van der Waals surface area (Å²) in [4.78, 5) is 22.5. The highest BCUT2D eigenvalue weighted by Crippen LogP contribution is 2.09. The molecule has 1 atom stereocenters. The van der Waals surface area contributed by atoms with Gasteiger partial charge in [-0.2, -0.15) is 0 Å². The van der Waals surface area contributed by atoms with Gasteiger partial charge in [-0.05, 0) is 19.3 Å². The van der Waals surface area contributed by atoms with Gasteiger partial charge in [0, 0.05) is 28.3 Å². The summed E-state index contributed by atoms with van der Waals surface area (Å²) in [7, 11) is -0.763. The van der Waals surface area contributed by atoms with E-state index in [0.29, 0.717) is 37.2 Å². The van der Waals surface area contributed by atoms with Crippen molar-refractivity contribution in [3.8, 4) is 0 Å².